The van der Waals surface area contributed by atoms with Crippen LogP contribution in [0, 0.1) is 0 Å². The van der Waals surface area contributed by atoms with E-state index in [4.69, 9.17) is 0 Å². The Labute approximate surface area is 135 Å². The standard InChI is InChI=1S/C18H20N4O/c23-18(22-11-15(12-22)16-3-1-2-9-19-16)14-6-4-13(5-7-14)17-8-10-20-21-17/h1-7,9,15,17,20-21H,8,10-12H2. The maximum atomic E-state index is 12.5. The van der Waals surface area contributed by atoms with Crippen LogP contribution in [0.4, 0.5) is 0 Å². The summed E-state index contributed by atoms with van der Waals surface area (Å²) in [6.07, 6.45) is 2.88. The van der Waals surface area contributed by atoms with Crippen LogP contribution < -0.4 is 10.9 Å². The van der Waals surface area contributed by atoms with Crippen LogP contribution in [-0.4, -0.2) is 35.4 Å². The van der Waals surface area contributed by atoms with Crippen LogP contribution in [0.3, 0.4) is 0 Å². The number of carbonyl (C=O) groups excluding carboxylic acids is 1. The second-order valence-electron chi connectivity index (χ2n) is 6.20. The smallest absolute Gasteiger partial charge is 0.253 e. The van der Waals surface area contributed by atoms with Crippen molar-refractivity contribution in [1.82, 2.24) is 20.7 Å². The largest absolute Gasteiger partial charge is 0.337 e. The first-order valence-electron chi connectivity index (χ1n) is 8.10. The first-order valence-corrected chi connectivity index (χ1v) is 8.10. The fourth-order valence-corrected chi connectivity index (χ4v) is 3.22. The maximum Gasteiger partial charge on any atom is 0.253 e. The van der Waals surface area contributed by atoms with Gasteiger partial charge in [-0.05, 0) is 36.2 Å². The third-order valence-electron chi connectivity index (χ3n) is 4.67. The number of nitrogens with one attached hydrogen (secondary N) is 2. The molecule has 2 saturated heterocycles. The molecule has 23 heavy (non-hydrogen) atoms. The molecule has 0 spiro atoms. The number of hydrazine groups is 1. The number of amides is 1. The van der Waals surface area contributed by atoms with E-state index < -0.39 is 0 Å². The van der Waals surface area contributed by atoms with Gasteiger partial charge in [0.25, 0.3) is 5.91 Å². The van der Waals surface area contributed by atoms with Crippen molar-refractivity contribution < 1.29 is 4.79 Å². The lowest BCUT2D eigenvalue weighted by Gasteiger charge is -2.39. The molecule has 0 saturated carbocycles. The van der Waals surface area contributed by atoms with Gasteiger partial charge >= 0.3 is 0 Å². The van der Waals surface area contributed by atoms with Crippen molar-refractivity contribution in [2.45, 2.75) is 18.4 Å². The minimum atomic E-state index is 0.112. The highest BCUT2D eigenvalue weighted by Gasteiger charge is 2.33. The topological polar surface area (TPSA) is 57.3 Å². The molecule has 0 aliphatic carbocycles. The van der Waals surface area contributed by atoms with Gasteiger partial charge in [-0.15, -0.1) is 0 Å². The summed E-state index contributed by atoms with van der Waals surface area (Å²) in [5.74, 6) is 0.481. The zero-order valence-corrected chi connectivity index (χ0v) is 12.9. The van der Waals surface area contributed by atoms with Crippen molar-refractivity contribution in [3.63, 3.8) is 0 Å². The normalized spacial score (nSPS) is 21.2. The van der Waals surface area contributed by atoms with E-state index in [1.54, 1.807) is 0 Å². The van der Waals surface area contributed by atoms with Crippen LogP contribution in [0.2, 0.25) is 0 Å². The van der Waals surface area contributed by atoms with Gasteiger partial charge in [-0.2, -0.15) is 0 Å². The molecule has 1 atom stereocenters. The van der Waals surface area contributed by atoms with Gasteiger partial charge in [-0.25, -0.2) is 0 Å². The predicted molar refractivity (Wildman–Crippen MR) is 87.8 cm³/mol. The highest BCUT2D eigenvalue weighted by atomic mass is 16.2. The average molecular weight is 308 g/mol. The average Bonchev–Trinajstić information content (AvgIpc) is 3.09. The first-order chi connectivity index (χ1) is 11.3. The molecule has 2 fully saturated rings. The summed E-state index contributed by atoms with van der Waals surface area (Å²) in [7, 11) is 0. The van der Waals surface area contributed by atoms with Crippen LogP contribution in [0.1, 0.15) is 40.0 Å². The van der Waals surface area contributed by atoms with E-state index in [2.05, 4.69) is 15.8 Å². The molecule has 1 aromatic carbocycles. The first kappa shape index (κ1) is 14.4. The van der Waals surface area contributed by atoms with E-state index >= 15 is 0 Å². The molecule has 0 bridgehead atoms. The molecule has 2 aromatic rings. The third kappa shape index (κ3) is 2.85. The van der Waals surface area contributed by atoms with Crippen LogP contribution in [-0.2, 0) is 0 Å². The number of hydrogen-bond acceptors (Lipinski definition) is 4. The van der Waals surface area contributed by atoms with Crippen molar-refractivity contribution in [2.24, 2.45) is 0 Å². The predicted octanol–water partition coefficient (Wildman–Crippen LogP) is 1.86. The zero-order chi connectivity index (χ0) is 15.6. The SMILES string of the molecule is O=C(c1ccc(C2CCNN2)cc1)N1CC(c2ccccn2)C1. The molecular formula is C18H20N4O. The number of hydrogen-bond donors (Lipinski definition) is 2. The van der Waals surface area contributed by atoms with Gasteiger partial charge < -0.3 is 4.90 Å². The Morgan fingerprint density at radius 3 is 2.61 bits per heavy atom. The van der Waals surface area contributed by atoms with Gasteiger partial charge in [0.15, 0.2) is 0 Å². The summed E-state index contributed by atoms with van der Waals surface area (Å²) in [6, 6.07) is 14.3. The van der Waals surface area contributed by atoms with E-state index in [1.807, 2.05) is 53.6 Å². The molecule has 4 rings (SSSR count). The van der Waals surface area contributed by atoms with Gasteiger partial charge in [0, 0.05) is 49.0 Å². The molecule has 2 aliphatic heterocycles. The Balaban J connectivity index is 1.38. The van der Waals surface area contributed by atoms with E-state index in [9.17, 15) is 4.79 Å². The summed E-state index contributed by atoms with van der Waals surface area (Å²) < 4.78 is 0. The lowest BCUT2D eigenvalue weighted by atomic mass is 9.94. The minimum absolute atomic E-state index is 0.112. The number of nitrogens with zero attached hydrogens (tertiary/aromatic N) is 2. The molecule has 2 aliphatic rings. The van der Waals surface area contributed by atoms with E-state index in [0.717, 1.165) is 37.3 Å². The quantitative estimate of drug-likeness (QED) is 0.909. The van der Waals surface area contributed by atoms with Gasteiger partial charge in [-0.3, -0.25) is 20.6 Å². The van der Waals surface area contributed by atoms with E-state index in [1.165, 1.54) is 5.56 Å². The molecule has 2 N–H and O–H groups in total. The fraction of sp³-hybridized carbons (Fsp3) is 0.333. The Bertz CT molecular complexity index is 674. The van der Waals surface area contributed by atoms with Gasteiger partial charge in [-0.1, -0.05) is 18.2 Å². The monoisotopic (exact) mass is 308 g/mol. The summed E-state index contributed by atoms with van der Waals surface area (Å²) in [4.78, 5) is 18.8. The summed E-state index contributed by atoms with van der Waals surface area (Å²) in [5, 5.41) is 0. The Morgan fingerprint density at radius 1 is 1.13 bits per heavy atom. The minimum Gasteiger partial charge on any atom is -0.337 e. The molecule has 1 amide bonds. The van der Waals surface area contributed by atoms with Gasteiger partial charge in [0.05, 0.1) is 0 Å². The fourth-order valence-electron chi connectivity index (χ4n) is 3.22. The van der Waals surface area contributed by atoms with Crippen LogP contribution >= 0.6 is 0 Å². The summed E-state index contributed by atoms with van der Waals surface area (Å²) in [5.41, 5.74) is 9.43. The molecule has 118 valence electrons. The second-order valence-corrected chi connectivity index (χ2v) is 6.20. The number of aromatic nitrogens is 1. The van der Waals surface area contributed by atoms with Crippen LogP contribution in [0.15, 0.2) is 48.7 Å². The molecule has 5 heteroatoms. The molecular weight excluding hydrogens is 288 g/mol. The van der Waals surface area contributed by atoms with Crippen molar-refractivity contribution in [3.8, 4) is 0 Å². The molecule has 1 aromatic heterocycles. The van der Waals surface area contributed by atoms with Gasteiger partial charge in [0.1, 0.15) is 0 Å². The van der Waals surface area contributed by atoms with Crippen LogP contribution in [0.25, 0.3) is 0 Å². The van der Waals surface area contributed by atoms with E-state index in [-0.39, 0.29) is 5.91 Å². The Hall–Kier alpha value is -2.24. The van der Waals surface area contributed by atoms with Crippen molar-refractivity contribution >= 4 is 5.91 Å². The Morgan fingerprint density at radius 2 is 1.96 bits per heavy atom. The maximum absolute atomic E-state index is 12.5. The highest BCUT2D eigenvalue weighted by molar-refractivity contribution is 5.94. The molecule has 1 unspecified atom stereocenters. The number of likely N-dealkylation sites (tertiary alicyclic amines) is 1. The number of pyridine rings is 1. The molecule has 0 radical (unpaired) electrons. The van der Waals surface area contributed by atoms with Gasteiger partial charge in [0.2, 0.25) is 0 Å². The summed E-state index contributed by atoms with van der Waals surface area (Å²) in [6.45, 7) is 2.49. The third-order valence-corrected chi connectivity index (χ3v) is 4.67. The molecule has 3 heterocycles. The Kier molecular flexibility index (Phi) is 3.81. The number of benzene rings is 1. The lowest BCUT2D eigenvalue weighted by molar-refractivity contribution is 0.0598. The molecule has 5 nitrogen and oxygen atoms in total. The van der Waals surface area contributed by atoms with Crippen molar-refractivity contribution in [3.05, 3.63) is 65.5 Å². The zero-order valence-electron chi connectivity index (χ0n) is 12.9. The summed E-state index contributed by atoms with van der Waals surface area (Å²) >= 11 is 0. The second kappa shape index (κ2) is 6.10. The van der Waals surface area contributed by atoms with Crippen LogP contribution in [0.5, 0.6) is 0 Å². The number of rotatable bonds is 3. The highest BCUT2D eigenvalue weighted by Crippen LogP contribution is 2.27. The number of carbonyl (C=O) groups is 1. The lowest BCUT2D eigenvalue weighted by Crippen LogP contribution is -2.48. The van der Waals surface area contributed by atoms with E-state index in [0.29, 0.717) is 12.0 Å². The van der Waals surface area contributed by atoms with Crippen molar-refractivity contribution in [1.29, 1.82) is 0 Å². The van der Waals surface area contributed by atoms with Crippen molar-refractivity contribution in [2.75, 3.05) is 19.6 Å².